The highest BCUT2D eigenvalue weighted by Gasteiger charge is 2.30. The van der Waals surface area contributed by atoms with Crippen LogP contribution in [0.1, 0.15) is 25.8 Å². The number of carbonyl (C=O) groups is 2. The summed E-state index contributed by atoms with van der Waals surface area (Å²) in [5.74, 6) is -0.333. The molecule has 1 aliphatic rings. The first-order valence-corrected chi connectivity index (χ1v) is 12.3. The number of fused-ring (bicyclic) bond motifs is 1. The zero-order valence-electron chi connectivity index (χ0n) is 17.1. The molecule has 9 heteroatoms. The van der Waals surface area contributed by atoms with Crippen LogP contribution >= 0.6 is 11.8 Å². The fourth-order valence-electron chi connectivity index (χ4n) is 3.56. The zero-order chi connectivity index (χ0) is 21.9. The van der Waals surface area contributed by atoms with Crippen LogP contribution in [0.2, 0.25) is 0 Å². The lowest BCUT2D eigenvalue weighted by Crippen LogP contribution is -2.33. The van der Waals surface area contributed by atoms with Crippen LogP contribution in [0.5, 0.6) is 0 Å². The smallest absolute Gasteiger partial charge is 0.240 e. The van der Waals surface area contributed by atoms with Crippen LogP contribution in [-0.4, -0.2) is 39.1 Å². The van der Waals surface area contributed by atoms with Crippen molar-refractivity contribution in [2.45, 2.75) is 42.5 Å². The van der Waals surface area contributed by atoms with E-state index >= 15 is 0 Å². The maximum atomic E-state index is 12.6. The molecule has 30 heavy (non-hydrogen) atoms. The molecule has 3 rings (SSSR count). The number of hydrogen-bond donors (Lipinski definition) is 2. The number of nitrogens with one attached hydrogen (secondary N) is 2. The third-order valence-electron chi connectivity index (χ3n) is 4.91. The number of hydrogen-bond acceptors (Lipinski definition) is 5. The van der Waals surface area contributed by atoms with E-state index in [2.05, 4.69) is 10.0 Å². The van der Waals surface area contributed by atoms with Crippen molar-refractivity contribution in [1.29, 1.82) is 0 Å². The van der Waals surface area contributed by atoms with Gasteiger partial charge >= 0.3 is 0 Å². The molecule has 2 amide bonds. The van der Waals surface area contributed by atoms with Crippen LogP contribution in [0.15, 0.2) is 52.3 Å². The van der Waals surface area contributed by atoms with Crippen molar-refractivity contribution in [3.05, 3.63) is 48.0 Å². The molecule has 0 saturated carbocycles. The van der Waals surface area contributed by atoms with Crippen LogP contribution in [0, 0.1) is 0 Å². The molecule has 2 aromatic carbocycles. The van der Waals surface area contributed by atoms with Gasteiger partial charge in [0, 0.05) is 42.2 Å². The highest BCUT2D eigenvalue weighted by molar-refractivity contribution is 7.98. The first-order chi connectivity index (χ1) is 14.2. The van der Waals surface area contributed by atoms with Crippen LogP contribution in [-0.2, 0) is 26.0 Å². The molecule has 1 heterocycles. The number of amides is 2. The van der Waals surface area contributed by atoms with E-state index in [0.717, 1.165) is 16.1 Å². The first-order valence-electron chi connectivity index (χ1n) is 9.57. The Morgan fingerprint density at radius 1 is 1.20 bits per heavy atom. The van der Waals surface area contributed by atoms with Gasteiger partial charge in [-0.25, -0.2) is 13.1 Å². The second kappa shape index (κ2) is 9.20. The van der Waals surface area contributed by atoms with E-state index in [1.807, 2.05) is 31.4 Å². The van der Waals surface area contributed by atoms with Gasteiger partial charge in [0.15, 0.2) is 0 Å². The lowest BCUT2D eigenvalue weighted by Gasteiger charge is -2.20. The Morgan fingerprint density at radius 2 is 1.97 bits per heavy atom. The fraction of sp³-hybridized carbons (Fsp3) is 0.333. The molecule has 0 aliphatic carbocycles. The topological polar surface area (TPSA) is 95.6 Å². The normalized spacial score (nSPS) is 15.7. The Labute approximate surface area is 181 Å². The van der Waals surface area contributed by atoms with E-state index in [0.29, 0.717) is 12.1 Å². The number of benzene rings is 2. The molecule has 0 saturated heterocycles. The molecule has 0 radical (unpaired) electrons. The molecular weight excluding hydrogens is 422 g/mol. The van der Waals surface area contributed by atoms with Crippen molar-refractivity contribution in [3.8, 4) is 0 Å². The van der Waals surface area contributed by atoms with Crippen LogP contribution in [0.3, 0.4) is 0 Å². The van der Waals surface area contributed by atoms with Crippen molar-refractivity contribution < 1.29 is 18.0 Å². The number of nitrogens with zero attached hydrogens (tertiary/aromatic N) is 1. The maximum Gasteiger partial charge on any atom is 0.240 e. The van der Waals surface area contributed by atoms with Crippen molar-refractivity contribution in [2.75, 3.05) is 23.0 Å². The van der Waals surface area contributed by atoms with Gasteiger partial charge in [-0.3, -0.25) is 9.59 Å². The van der Waals surface area contributed by atoms with Crippen molar-refractivity contribution in [3.63, 3.8) is 0 Å². The predicted octanol–water partition coefficient (Wildman–Crippen LogP) is 3.01. The third kappa shape index (κ3) is 5.03. The van der Waals surface area contributed by atoms with Crippen LogP contribution in [0.25, 0.3) is 0 Å². The molecule has 0 bridgehead atoms. The SMILES string of the molecule is CSc1cccc(NC(=O)CCNS(=O)(=O)c2ccc3c(c2)CC(C)N3C(C)=O)c1. The monoisotopic (exact) mass is 447 g/mol. The molecule has 0 spiro atoms. The number of carbonyl (C=O) groups excluding carboxylic acids is 2. The van der Waals surface area contributed by atoms with Gasteiger partial charge in [0.25, 0.3) is 0 Å². The number of thioether (sulfide) groups is 1. The summed E-state index contributed by atoms with van der Waals surface area (Å²) >= 11 is 1.57. The predicted molar refractivity (Wildman–Crippen MR) is 119 cm³/mol. The van der Waals surface area contributed by atoms with E-state index in [4.69, 9.17) is 0 Å². The molecule has 160 valence electrons. The fourth-order valence-corrected chi connectivity index (χ4v) is 5.10. The van der Waals surface area contributed by atoms with E-state index in [9.17, 15) is 18.0 Å². The van der Waals surface area contributed by atoms with Gasteiger partial charge < -0.3 is 10.2 Å². The Balaban J connectivity index is 1.60. The lowest BCUT2D eigenvalue weighted by molar-refractivity contribution is -0.117. The largest absolute Gasteiger partial charge is 0.326 e. The molecular formula is C21H25N3O4S2. The van der Waals surface area contributed by atoms with Gasteiger partial charge in [0.05, 0.1) is 4.90 Å². The molecule has 0 fully saturated rings. The summed E-state index contributed by atoms with van der Waals surface area (Å²) in [4.78, 5) is 26.8. The highest BCUT2D eigenvalue weighted by atomic mass is 32.2. The van der Waals surface area contributed by atoms with Gasteiger partial charge in [-0.2, -0.15) is 0 Å². The minimum Gasteiger partial charge on any atom is -0.326 e. The first kappa shape index (κ1) is 22.3. The van der Waals surface area contributed by atoms with Gasteiger partial charge in [0.2, 0.25) is 21.8 Å². The van der Waals surface area contributed by atoms with Gasteiger partial charge in [-0.1, -0.05) is 6.07 Å². The Bertz CT molecular complexity index is 1070. The number of anilines is 2. The summed E-state index contributed by atoms with van der Waals surface area (Å²) in [5, 5.41) is 2.77. The maximum absolute atomic E-state index is 12.6. The van der Waals surface area contributed by atoms with E-state index in [1.165, 1.54) is 13.0 Å². The number of rotatable bonds is 7. The third-order valence-corrected chi connectivity index (χ3v) is 7.10. The van der Waals surface area contributed by atoms with Crippen molar-refractivity contribution in [2.24, 2.45) is 0 Å². The Kier molecular flexibility index (Phi) is 6.84. The van der Waals surface area contributed by atoms with Crippen LogP contribution < -0.4 is 14.9 Å². The van der Waals surface area contributed by atoms with Gasteiger partial charge in [-0.15, -0.1) is 11.8 Å². The summed E-state index contributed by atoms with van der Waals surface area (Å²) in [5.41, 5.74) is 2.25. The summed E-state index contributed by atoms with van der Waals surface area (Å²) in [6.45, 7) is 3.42. The standard InChI is InChI=1S/C21H25N3O4S2/c1-14-11-16-12-19(7-8-20(16)24(14)15(2)25)30(27,28)22-10-9-21(26)23-17-5-4-6-18(13-17)29-3/h4-8,12-14,22H,9-11H2,1-3H3,(H,23,26). The van der Waals surface area contributed by atoms with E-state index in [1.54, 1.807) is 34.9 Å². The minimum atomic E-state index is -3.75. The second-order valence-electron chi connectivity index (χ2n) is 7.16. The van der Waals surface area contributed by atoms with Crippen LogP contribution in [0.4, 0.5) is 11.4 Å². The average Bonchev–Trinajstić information content (AvgIpc) is 3.03. The Morgan fingerprint density at radius 3 is 2.67 bits per heavy atom. The minimum absolute atomic E-state index is 0.00304. The second-order valence-corrected chi connectivity index (χ2v) is 9.81. The zero-order valence-corrected chi connectivity index (χ0v) is 18.8. The van der Waals surface area contributed by atoms with E-state index in [-0.39, 0.29) is 35.7 Å². The van der Waals surface area contributed by atoms with Gasteiger partial charge in [0.1, 0.15) is 0 Å². The molecule has 2 N–H and O–H groups in total. The summed E-state index contributed by atoms with van der Waals surface area (Å²) in [6.07, 6.45) is 2.57. The summed E-state index contributed by atoms with van der Waals surface area (Å²) in [7, 11) is -3.75. The summed E-state index contributed by atoms with van der Waals surface area (Å²) in [6, 6.07) is 12.2. The highest BCUT2D eigenvalue weighted by Crippen LogP contribution is 2.33. The molecule has 1 atom stereocenters. The average molecular weight is 448 g/mol. The number of sulfonamides is 1. The molecule has 1 unspecified atom stereocenters. The van der Waals surface area contributed by atoms with E-state index < -0.39 is 10.0 Å². The molecule has 7 nitrogen and oxygen atoms in total. The van der Waals surface area contributed by atoms with Gasteiger partial charge in [-0.05, 0) is 61.6 Å². The molecule has 0 aromatic heterocycles. The Hall–Kier alpha value is -2.36. The molecule has 2 aromatic rings. The van der Waals surface area contributed by atoms with Crippen molar-refractivity contribution in [1.82, 2.24) is 4.72 Å². The quantitative estimate of drug-likeness (QED) is 0.636. The van der Waals surface area contributed by atoms with Crippen molar-refractivity contribution >= 4 is 45.0 Å². The molecule has 1 aliphatic heterocycles. The summed E-state index contributed by atoms with van der Waals surface area (Å²) < 4.78 is 27.7. The lowest BCUT2D eigenvalue weighted by atomic mass is 10.1.